The predicted octanol–water partition coefficient (Wildman–Crippen LogP) is 0.168. The van der Waals surface area contributed by atoms with Gasteiger partial charge < -0.3 is 0 Å². The van der Waals surface area contributed by atoms with Crippen LogP contribution in [0, 0.1) is 20.2 Å². The summed E-state index contributed by atoms with van der Waals surface area (Å²) in [5.41, 5.74) is -0.186. The maximum Gasteiger partial charge on any atom is 0.271 e. The summed E-state index contributed by atoms with van der Waals surface area (Å²) in [5.74, 6) is 0. The Morgan fingerprint density at radius 3 is 2.58 bits per heavy atom. The fourth-order valence-corrected chi connectivity index (χ4v) is 0.756. The van der Waals surface area contributed by atoms with Gasteiger partial charge in [-0.2, -0.15) is 0 Å². The van der Waals surface area contributed by atoms with E-state index in [0.29, 0.717) is 5.01 Å². The Labute approximate surface area is 66.8 Å². The zero-order valence-electron chi connectivity index (χ0n) is 5.91. The third-order valence-electron chi connectivity index (χ3n) is 1.32. The van der Waals surface area contributed by atoms with Crippen molar-refractivity contribution in [1.29, 1.82) is 0 Å². The highest BCUT2D eigenvalue weighted by atomic mass is 16.7. The van der Waals surface area contributed by atoms with Gasteiger partial charge in [-0.05, 0) is 6.08 Å². The molecule has 0 saturated carbocycles. The Kier molecular flexibility index (Phi) is 2.04. The number of rotatable bonds is 2. The highest BCUT2D eigenvalue weighted by molar-refractivity contribution is 5.11. The Morgan fingerprint density at radius 2 is 2.08 bits per heavy atom. The van der Waals surface area contributed by atoms with Crippen molar-refractivity contribution >= 4 is 0 Å². The van der Waals surface area contributed by atoms with Gasteiger partial charge in [0.1, 0.15) is 0 Å². The van der Waals surface area contributed by atoms with Gasteiger partial charge in [0.2, 0.25) is 0 Å². The lowest BCUT2D eigenvalue weighted by molar-refractivity contribution is -0.642. The van der Waals surface area contributed by atoms with E-state index in [0.717, 1.165) is 0 Å². The summed E-state index contributed by atoms with van der Waals surface area (Å²) >= 11 is 0. The van der Waals surface area contributed by atoms with Gasteiger partial charge in [-0.15, -0.1) is 0 Å². The van der Waals surface area contributed by atoms with Gasteiger partial charge in [0.05, 0.1) is 11.1 Å². The first-order chi connectivity index (χ1) is 5.61. The van der Waals surface area contributed by atoms with Crippen molar-refractivity contribution in [2.75, 3.05) is 6.54 Å². The Bertz CT molecular complexity index is 282. The first-order valence-corrected chi connectivity index (χ1v) is 3.04. The van der Waals surface area contributed by atoms with Crippen molar-refractivity contribution in [3.63, 3.8) is 0 Å². The van der Waals surface area contributed by atoms with E-state index in [1.165, 1.54) is 18.4 Å². The summed E-state index contributed by atoms with van der Waals surface area (Å²) in [6.07, 6.45) is 3.68. The van der Waals surface area contributed by atoms with E-state index in [2.05, 4.69) is 0 Å². The van der Waals surface area contributed by atoms with Crippen LogP contribution >= 0.6 is 0 Å². The largest absolute Gasteiger partial charge is 0.271 e. The molecular weight excluding hydrogens is 166 g/mol. The number of hydrazine groups is 1. The monoisotopic (exact) mass is 171 g/mol. The van der Waals surface area contributed by atoms with E-state index >= 15 is 0 Å². The molecular formula is C5H5N3O4. The molecule has 0 atom stereocenters. The van der Waals surface area contributed by atoms with Gasteiger partial charge in [0.15, 0.2) is 11.6 Å². The quantitative estimate of drug-likeness (QED) is 0.436. The number of allylic oxidation sites excluding steroid dienone is 2. The summed E-state index contributed by atoms with van der Waals surface area (Å²) in [6, 6.07) is 0. The molecule has 0 spiro atoms. The lowest BCUT2D eigenvalue weighted by atomic mass is 10.3. The highest BCUT2D eigenvalue weighted by Crippen LogP contribution is 2.06. The first-order valence-electron chi connectivity index (χ1n) is 3.04. The van der Waals surface area contributed by atoms with Crippen LogP contribution in [0.3, 0.4) is 0 Å². The average Bonchev–Trinajstić information content (AvgIpc) is 2.04. The zero-order chi connectivity index (χ0) is 9.14. The maximum atomic E-state index is 10.2. The molecule has 64 valence electrons. The predicted molar refractivity (Wildman–Crippen MR) is 37.9 cm³/mol. The summed E-state index contributed by atoms with van der Waals surface area (Å²) in [7, 11) is 0. The van der Waals surface area contributed by atoms with E-state index in [1.54, 1.807) is 0 Å². The van der Waals surface area contributed by atoms with Crippen LogP contribution in [0.4, 0.5) is 0 Å². The fourth-order valence-electron chi connectivity index (χ4n) is 0.756. The van der Waals surface area contributed by atoms with E-state index in [-0.39, 0.29) is 12.2 Å². The molecule has 0 bridgehead atoms. The number of nitrogens with zero attached hydrogens (tertiary/aromatic N) is 3. The second kappa shape index (κ2) is 2.99. The summed E-state index contributed by atoms with van der Waals surface area (Å²) in [4.78, 5) is 19.7. The second-order valence-electron chi connectivity index (χ2n) is 2.09. The molecule has 0 aromatic heterocycles. The fraction of sp³-hybridized carbons (Fsp3) is 0.200. The van der Waals surface area contributed by atoms with Crippen LogP contribution in [-0.4, -0.2) is 21.5 Å². The van der Waals surface area contributed by atoms with Crippen LogP contribution in [-0.2, 0) is 0 Å². The smallest absolute Gasteiger partial charge is 0.259 e. The Hall–Kier alpha value is -1.92. The molecule has 0 unspecified atom stereocenters. The van der Waals surface area contributed by atoms with Gasteiger partial charge in [0.25, 0.3) is 5.70 Å². The van der Waals surface area contributed by atoms with Gasteiger partial charge in [0, 0.05) is 6.08 Å². The molecule has 0 N–H and O–H groups in total. The Morgan fingerprint density at radius 1 is 1.42 bits per heavy atom. The molecule has 1 aliphatic rings. The van der Waals surface area contributed by atoms with Gasteiger partial charge in [-0.25, -0.2) is 10.1 Å². The summed E-state index contributed by atoms with van der Waals surface area (Å²) < 4.78 is 0. The van der Waals surface area contributed by atoms with Crippen LogP contribution in [0.5, 0.6) is 0 Å². The molecule has 0 fully saturated rings. The number of nitro groups is 2. The van der Waals surface area contributed by atoms with E-state index in [1.807, 2.05) is 0 Å². The van der Waals surface area contributed by atoms with E-state index in [4.69, 9.17) is 0 Å². The maximum absolute atomic E-state index is 10.2. The SMILES string of the molecule is O=[N+]([O-])C1=CC=CN([N+](=O)[O-])C1. The molecule has 12 heavy (non-hydrogen) atoms. The minimum atomic E-state index is -0.701. The van der Waals surface area contributed by atoms with E-state index in [9.17, 15) is 20.2 Å². The minimum absolute atomic E-state index is 0.186. The van der Waals surface area contributed by atoms with Crippen LogP contribution in [0.2, 0.25) is 0 Å². The van der Waals surface area contributed by atoms with E-state index < -0.39 is 9.96 Å². The highest BCUT2D eigenvalue weighted by Gasteiger charge is 2.22. The van der Waals surface area contributed by atoms with Crippen molar-refractivity contribution in [2.24, 2.45) is 0 Å². The number of hydrogen-bond donors (Lipinski definition) is 0. The molecule has 0 aromatic rings. The zero-order valence-corrected chi connectivity index (χ0v) is 5.91. The van der Waals surface area contributed by atoms with Gasteiger partial charge >= 0.3 is 0 Å². The molecule has 1 heterocycles. The molecule has 0 radical (unpaired) electrons. The van der Waals surface area contributed by atoms with Crippen molar-refractivity contribution in [1.82, 2.24) is 5.01 Å². The standard InChI is InChI=1S/C5H5N3O4/c9-7(10)5-2-1-3-6(4-5)8(11)12/h1-3H,4H2. The molecule has 7 nitrogen and oxygen atoms in total. The molecule has 0 aromatic carbocycles. The minimum Gasteiger partial charge on any atom is -0.259 e. The molecule has 0 aliphatic carbocycles. The van der Waals surface area contributed by atoms with Crippen LogP contribution in [0.1, 0.15) is 0 Å². The van der Waals surface area contributed by atoms with Crippen molar-refractivity contribution in [3.05, 3.63) is 44.3 Å². The van der Waals surface area contributed by atoms with Crippen LogP contribution in [0.25, 0.3) is 0 Å². The van der Waals surface area contributed by atoms with Gasteiger partial charge in [-0.3, -0.25) is 10.1 Å². The normalized spacial score (nSPS) is 15.7. The first kappa shape index (κ1) is 8.18. The average molecular weight is 171 g/mol. The lowest BCUT2D eigenvalue weighted by Gasteiger charge is -2.09. The second-order valence-corrected chi connectivity index (χ2v) is 2.09. The van der Waals surface area contributed by atoms with Gasteiger partial charge in [-0.1, -0.05) is 5.01 Å². The molecule has 0 saturated heterocycles. The van der Waals surface area contributed by atoms with Crippen molar-refractivity contribution < 1.29 is 9.96 Å². The topological polar surface area (TPSA) is 89.5 Å². The molecule has 0 amide bonds. The number of hydrogen-bond acceptors (Lipinski definition) is 4. The third kappa shape index (κ3) is 1.57. The molecule has 1 aliphatic heterocycles. The Balaban J connectivity index is 2.74. The molecule has 1 rings (SSSR count). The third-order valence-corrected chi connectivity index (χ3v) is 1.32. The molecule has 7 heteroatoms. The lowest BCUT2D eigenvalue weighted by Crippen LogP contribution is -2.29. The summed E-state index contributed by atoms with van der Waals surface area (Å²) in [6.45, 7) is -0.295. The van der Waals surface area contributed by atoms with Crippen LogP contribution < -0.4 is 0 Å². The van der Waals surface area contributed by atoms with Crippen LogP contribution in [0.15, 0.2) is 24.0 Å². The van der Waals surface area contributed by atoms with Crippen molar-refractivity contribution in [3.8, 4) is 0 Å². The summed E-state index contributed by atoms with van der Waals surface area (Å²) in [5, 5.41) is 20.3. The van der Waals surface area contributed by atoms with Crippen molar-refractivity contribution in [2.45, 2.75) is 0 Å².